The van der Waals surface area contributed by atoms with Gasteiger partial charge in [-0.1, -0.05) is 6.08 Å². The summed E-state index contributed by atoms with van der Waals surface area (Å²) in [5.74, 6) is 1.84. The number of piperidine rings is 1. The van der Waals surface area contributed by atoms with Gasteiger partial charge in [-0.3, -0.25) is 4.79 Å². The molecule has 12 nitrogen and oxygen atoms in total. The Morgan fingerprint density at radius 2 is 1.95 bits per heavy atom. The van der Waals surface area contributed by atoms with Crippen LogP contribution in [0.15, 0.2) is 48.9 Å². The molecule has 2 aromatic heterocycles. The van der Waals surface area contributed by atoms with E-state index in [1.807, 2.05) is 23.7 Å². The fourth-order valence-electron chi connectivity index (χ4n) is 5.42. The van der Waals surface area contributed by atoms with Crippen molar-refractivity contribution in [3.05, 3.63) is 54.5 Å². The van der Waals surface area contributed by atoms with Gasteiger partial charge in [-0.15, -0.1) is 0 Å². The second-order valence-corrected chi connectivity index (χ2v) is 9.77. The molecule has 41 heavy (non-hydrogen) atoms. The number of carbonyl (C=O) groups excluding carboxylic acids is 1. The molecule has 12 heteroatoms. The number of nitrogens with zero attached hydrogens (tertiary/aromatic N) is 5. The van der Waals surface area contributed by atoms with Crippen LogP contribution in [0.3, 0.4) is 0 Å². The summed E-state index contributed by atoms with van der Waals surface area (Å²) < 4.78 is 24.3. The van der Waals surface area contributed by atoms with E-state index in [0.29, 0.717) is 62.4 Å². The van der Waals surface area contributed by atoms with E-state index < -0.39 is 0 Å². The molecule has 0 radical (unpaired) electrons. The van der Waals surface area contributed by atoms with Gasteiger partial charge in [-0.25, -0.2) is 14.6 Å². The van der Waals surface area contributed by atoms with Crippen LogP contribution < -0.4 is 30.0 Å². The van der Waals surface area contributed by atoms with Crippen LogP contribution in [0.1, 0.15) is 36.2 Å². The lowest BCUT2D eigenvalue weighted by molar-refractivity contribution is 0.102. The first-order valence-corrected chi connectivity index (χ1v) is 13.3. The third-order valence-electron chi connectivity index (χ3n) is 7.32. The Morgan fingerprint density at radius 3 is 2.76 bits per heavy atom. The van der Waals surface area contributed by atoms with Crippen molar-refractivity contribution >= 4 is 28.4 Å². The van der Waals surface area contributed by atoms with Gasteiger partial charge in [0.1, 0.15) is 17.8 Å². The quantitative estimate of drug-likeness (QED) is 0.339. The molecule has 0 saturated carbocycles. The van der Waals surface area contributed by atoms with Crippen molar-refractivity contribution in [3.63, 3.8) is 0 Å². The molecular formula is C29H31N7O5. The number of hydrogen-bond acceptors (Lipinski definition) is 10. The van der Waals surface area contributed by atoms with Crippen molar-refractivity contribution in [2.75, 3.05) is 45.2 Å². The standard InChI is InChI=1S/C29H31N7O5/c1-4-11-35-12-5-6-18(14-35)36-28-23(27(30)31-15-32-28)24(34-36)19-8-9-20(26-25(19)40-16-41-26)33-29(37)17-7-10-21(38-2)22(13-17)39-3/h4,7-11,13,15,18H,5-6,12,14,16H2,1-3H3,(H,33,37)(H2,30,31,32)/t18-/m1/s1. The summed E-state index contributed by atoms with van der Waals surface area (Å²) in [6.45, 7) is 3.82. The number of fused-ring (bicyclic) bond motifs is 2. The van der Waals surface area contributed by atoms with Gasteiger partial charge in [0.15, 0.2) is 28.6 Å². The van der Waals surface area contributed by atoms with Crippen LogP contribution in [0.25, 0.3) is 22.3 Å². The van der Waals surface area contributed by atoms with Gasteiger partial charge < -0.3 is 34.9 Å². The largest absolute Gasteiger partial charge is 0.493 e. The first kappa shape index (κ1) is 26.2. The first-order valence-electron chi connectivity index (χ1n) is 13.3. The summed E-state index contributed by atoms with van der Waals surface area (Å²) in [5.41, 5.74) is 9.18. The van der Waals surface area contributed by atoms with Gasteiger partial charge in [0.2, 0.25) is 6.79 Å². The first-order chi connectivity index (χ1) is 20.0. The Bertz CT molecular complexity index is 1650. The van der Waals surface area contributed by atoms with E-state index in [4.69, 9.17) is 29.8 Å². The van der Waals surface area contributed by atoms with Crippen LogP contribution in [0.4, 0.5) is 11.5 Å². The molecular weight excluding hydrogens is 526 g/mol. The van der Waals surface area contributed by atoms with E-state index in [1.165, 1.54) is 13.4 Å². The van der Waals surface area contributed by atoms with E-state index in [9.17, 15) is 4.79 Å². The predicted molar refractivity (Wildman–Crippen MR) is 153 cm³/mol. The second kappa shape index (κ2) is 10.9. The molecule has 0 spiro atoms. The normalized spacial score (nSPS) is 16.4. The van der Waals surface area contributed by atoms with Crippen molar-refractivity contribution in [1.82, 2.24) is 24.6 Å². The van der Waals surface area contributed by atoms with Crippen molar-refractivity contribution in [3.8, 4) is 34.3 Å². The molecule has 6 rings (SSSR count). The molecule has 1 fully saturated rings. The number of nitrogens with one attached hydrogen (secondary N) is 1. The zero-order valence-corrected chi connectivity index (χ0v) is 23.1. The average molecular weight is 558 g/mol. The number of amides is 1. The number of anilines is 2. The highest BCUT2D eigenvalue weighted by Crippen LogP contribution is 2.48. The number of aromatic nitrogens is 4. The van der Waals surface area contributed by atoms with Crippen molar-refractivity contribution in [2.24, 2.45) is 0 Å². The molecule has 212 valence electrons. The number of ether oxygens (including phenoxy) is 4. The van der Waals surface area contributed by atoms with Crippen LogP contribution in [0, 0.1) is 0 Å². The molecule has 4 heterocycles. The van der Waals surface area contributed by atoms with E-state index in [0.717, 1.165) is 25.9 Å². The van der Waals surface area contributed by atoms with Gasteiger partial charge >= 0.3 is 0 Å². The summed E-state index contributed by atoms with van der Waals surface area (Å²) in [6.07, 6.45) is 7.61. The lowest BCUT2D eigenvalue weighted by atomic mass is 10.1. The molecule has 2 aliphatic rings. The zero-order chi connectivity index (χ0) is 28.5. The molecule has 0 aliphatic carbocycles. The third-order valence-corrected chi connectivity index (χ3v) is 7.32. The Morgan fingerprint density at radius 1 is 1.12 bits per heavy atom. The number of rotatable bonds is 7. The fourth-order valence-corrected chi connectivity index (χ4v) is 5.42. The number of carbonyl (C=O) groups is 1. The average Bonchev–Trinajstić information content (AvgIpc) is 3.64. The summed E-state index contributed by atoms with van der Waals surface area (Å²) in [7, 11) is 3.06. The lowest BCUT2D eigenvalue weighted by Gasteiger charge is -2.32. The maximum absolute atomic E-state index is 13.1. The number of nitrogens with two attached hydrogens (primary N) is 1. The smallest absolute Gasteiger partial charge is 0.255 e. The SMILES string of the molecule is CC=CN1CCC[C@@H](n2nc(-c3ccc(NC(=O)c4ccc(OC)c(OC)c4)c4c3OCO4)c3c(N)ncnc32)C1. The van der Waals surface area contributed by atoms with E-state index in [1.54, 1.807) is 31.4 Å². The number of likely N-dealkylation sites (tertiary alicyclic amines) is 1. The minimum absolute atomic E-state index is 0.00284. The molecule has 1 saturated heterocycles. The molecule has 1 amide bonds. The van der Waals surface area contributed by atoms with E-state index in [2.05, 4.69) is 26.4 Å². The second-order valence-electron chi connectivity index (χ2n) is 9.77. The van der Waals surface area contributed by atoms with Crippen LogP contribution in [-0.4, -0.2) is 64.7 Å². The number of benzene rings is 2. The number of methoxy groups -OCH3 is 2. The summed E-state index contributed by atoms with van der Waals surface area (Å²) in [4.78, 5) is 24.3. The van der Waals surface area contributed by atoms with Crippen molar-refractivity contribution < 1.29 is 23.7 Å². The predicted octanol–water partition coefficient (Wildman–Crippen LogP) is 4.24. The summed E-state index contributed by atoms with van der Waals surface area (Å²) in [5, 5.41) is 8.59. The molecule has 2 aromatic carbocycles. The van der Waals surface area contributed by atoms with Gasteiger partial charge in [0.25, 0.3) is 5.91 Å². The fraction of sp³-hybridized carbons (Fsp3) is 0.310. The molecule has 4 aromatic rings. The van der Waals surface area contributed by atoms with Crippen LogP contribution in [-0.2, 0) is 0 Å². The Kier molecular flexibility index (Phi) is 6.96. The third kappa shape index (κ3) is 4.71. The summed E-state index contributed by atoms with van der Waals surface area (Å²) >= 11 is 0. The number of allylic oxidation sites excluding steroid dienone is 1. The minimum Gasteiger partial charge on any atom is -0.493 e. The van der Waals surface area contributed by atoms with E-state index in [-0.39, 0.29) is 18.7 Å². The topological polar surface area (TPSA) is 139 Å². The molecule has 0 unspecified atom stereocenters. The van der Waals surface area contributed by atoms with Crippen molar-refractivity contribution in [2.45, 2.75) is 25.8 Å². The number of nitrogen functional groups attached to an aromatic ring is 1. The highest BCUT2D eigenvalue weighted by atomic mass is 16.7. The van der Waals surface area contributed by atoms with Crippen LogP contribution in [0.5, 0.6) is 23.0 Å². The highest BCUT2D eigenvalue weighted by molar-refractivity contribution is 6.07. The van der Waals surface area contributed by atoms with E-state index >= 15 is 0 Å². The Hall–Kier alpha value is -5.00. The molecule has 2 aliphatic heterocycles. The van der Waals surface area contributed by atoms with Crippen molar-refractivity contribution in [1.29, 1.82) is 0 Å². The Labute approximate surface area is 236 Å². The Balaban J connectivity index is 1.38. The van der Waals surface area contributed by atoms with Crippen LogP contribution in [0.2, 0.25) is 0 Å². The molecule has 1 atom stereocenters. The zero-order valence-electron chi connectivity index (χ0n) is 23.1. The summed E-state index contributed by atoms with van der Waals surface area (Å²) in [6, 6.07) is 8.66. The van der Waals surface area contributed by atoms with Gasteiger partial charge in [0.05, 0.1) is 31.3 Å². The molecule has 0 bridgehead atoms. The van der Waals surface area contributed by atoms with Gasteiger partial charge in [-0.2, -0.15) is 5.10 Å². The minimum atomic E-state index is -0.341. The monoisotopic (exact) mass is 557 g/mol. The maximum atomic E-state index is 13.1. The lowest BCUT2D eigenvalue weighted by Crippen LogP contribution is -2.33. The highest BCUT2D eigenvalue weighted by Gasteiger charge is 2.30. The number of hydrogen-bond donors (Lipinski definition) is 2. The van der Waals surface area contributed by atoms with Gasteiger partial charge in [-0.05, 0) is 56.3 Å². The van der Waals surface area contributed by atoms with Crippen LogP contribution >= 0.6 is 0 Å². The molecule has 3 N–H and O–H groups in total. The maximum Gasteiger partial charge on any atom is 0.255 e. The van der Waals surface area contributed by atoms with Gasteiger partial charge in [0, 0.05) is 24.2 Å².